The SMILES string of the molecule is Cc1cccc(Oc2nc3c(C)cccn3c(=O)c2C=C(C#N)C(=O)NCCc2ccccc2)c1. The van der Waals surface area contributed by atoms with Crippen LogP contribution in [0.3, 0.4) is 0 Å². The summed E-state index contributed by atoms with van der Waals surface area (Å²) in [5, 5.41) is 12.4. The van der Waals surface area contributed by atoms with E-state index in [0.29, 0.717) is 24.4 Å². The van der Waals surface area contributed by atoms with Gasteiger partial charge in [0.1, 0.15) is 28.6 Å². The molecule has 2 heterocycles. The van der Waals surface area contributed by atoms with Crippen molar-refractivity contribution in [2.24, 2.45) is 0 Å². The van der Waals surface area contributed by atoms with Gasteiger partial charge in [-0.15, -0.1) is 0 Å². The molecule has 0 aliphatic heterocycles. The molecule has 2 aromatic carbocycles. The Bertz CT molecular complexity index is 1520. The van der Waals surface area contributed by atoms with Crippen LogP contribution in [0, 0.1) is 25.2 Å². The normalized spacial score (nSPS) is 11.2. The maximum Gasteiger partial charge on any atom is 0.269 e. The van der Waals surface area contributed by atoms with Gasteiger partial charge in [0.15, 0.2) is 0 Å². The fraction of sp³-hybridized carbons (Fsp3) is 0.143. The number of hydrogen-bond donors (Lipinski definition) is 1. The summed E-state index contributed by atoms with van der Waals surface area (Å²) in [5.41, 5.74) is 2.63. The molecule has 1 N–H and O–H groups in total. The second-order valence-electron chi connectivity index (χ2n) is 8.10. The zero-order valence-corrected chi connectivity index (χ0v) is 19.5. The first-order chi connectivity index (χ1) is 17.0. The number of nitriles is 1. The molecule has 0 unspecified atom stereocenters. The van der Waals surface area contributed by atoms with E-state index in [1.807, 2.05) is 74.5 Å². The Labute approximate surface area is 203 Å². The van der Waals surface area contributed by atoms with Crippen LogP contribution in [0.15, 0.2) is 83.3 Å². The first-order valence-electron chi connectivity index (χ1n) is 11.2. The van der Waals surface area contributed by atoms with Crippen molar-refractivity contribution in [1.82, 2.24) is 14.7 Å². The summed E-state index contributed by atoms with van der Waals surface area (Å²) in [6, 6.07) is 22.5. The number of nitrogens with zero attached hydrogens (tertiary/aromatic N) is 3. The van der Waals surface area contributed by atoms with Gasteiger partial charge in [0.05, 0.1) is 0 Å². The first-order valence-corrected chi connectivity index (χ1v) is 11.2. The Hall–Kier alpha value is -4.70. The van der Waals surface area contributed by atoms with Gasteiger partial charge in [-0.3, -0.25) is 14.0 Å². The molecular weight excluding hydrogens is 440 g/mol. The average molecular weight is 465 g/mol. The van der Waals surface area contributed by atoms with Crippen molar-refractivity contribution in [3.05, 3.63) is 111 Å². The number of amides is 1. The van der Waals surface area contributed by atoms with Crippen LogP contribution >= 0.6 is 0 Å². The minimum atomic E-state index is -0.571. The lowest BCUT2D eigenvalue weighted by Crippen LogP contribution is -2.27. The fourth-order valence-electron chi connectivity index (χ4n) is 3.64. The van der Waals surface area contributed by atoms with Crippen LogP contribution in [0.5, 0.6) is 11.6 Å². The molecule has 0 fully saturated rings. The molecule has 0 radical (unpaired) electrons. The number of fused-ring (bicyclic) bond motifs is 1. The van der Waals surface area contributed by atoms with Crippen LogP contribution in [0.4, 0.5) is 0 Å². The van der Waals surface area contributed by atoms with E-state index in [9.17, 15) is 14.9 Å². The van der Waals surface area contributed by atoms with E-state index >= 15 is 0 Å². The predicted octanol–water partition coefficient (Wildman–Crippen LogP) is 4.37. The van der Waals surface area contributed by atoms with E-state index in [-0.39, 0.29) is 17.0 Å². The quantitative estimate of drug-likeness (QED) is 0.324. The van der Waals surface area contributed by atoms with Gasteiger partial charge in [0, 0.05) is 12.7 Å². The summed E-state index contributed by atoms with van der Waals surface area (Å²) < 4.78 is 7.37. The monoisotopic (exact) mass is 464 g/mol. The van der Waals surface area contributed by atoms with E-state index in [2.05, 4.69) is 10.3 Å². The molecule has 2 aromatic heterocycles. The highest BCUT2D eigenvalue weighted by atomic mass is 16.5. The molecule has 0 saturated carbocycles. The Balaban J connectivity index is 1.71. The van der Waals surface area contributed by atoms with Crippen molar-refractivity contribution >= 4 is 17.6 Å². The number of rotatable bonds is 7. The second-order valence-corrected chi connectivity index (χ2v) is 8.10. The van der Waals surface area contributed by atoms with Crippen molar-refractivity contribution in [3.63, 3.8) is 0 Å². The Morgan fingerprint density at radius 1 is 1.11 bits per heavy atom. The van der Waals surface area contributed by atoms with Gasteiger partial charge >= 0.3 is 0 Å². The summed E-state index contributed by atoms with van der Waals surface area (Å²) in [4.78, 5) is 30.7. The lowest BCUT2D eigenvalue weighted by Gasteiger charge is -2.12. The predicted molar refractivity (Wildman–Crippen MR) is 134 cm³/mol. The molecule has 0 aliphatic rings. The van der Waals surface area contributed by atoms with E-state index < -0.39 is 11.5 Å². The average Bonchev–Trinajstić information content (AvgIpc) is 2.85. The Morgan fingerprint density at radius 2 is 1.91 bits per heavy atom. The summed E-state index contributed by atoms with van der Waals surface area (Å²) in [6.07, 6.45) is 3.46. The number of carbonyl (C=O) groups is 1. The van der Waals surface area contributed by atoms with Crippen molar-refractivity contribution in [3.8, 4) is 17.7 Å². The van der Waals surface area contributed by atoms with E-state index in [0.717, 1.165) is 16.7 Å². The minimum absolute atomic E-state index is 0.0179. The number of aromatic nitrogens is 2. The first kappa shape index (κ1) is 23.5. The molecule has 0 atom stereocenters. The Kier molecular flexibility index (Phi) is 7.03. The maximum atomic E-state index is 13.4. The van der Waals surface area contributed by atoms with E-state index in [1.165, 1.54) is 10.5 Å². The van der Waals surface area contributed by atoms with Crippen LogP contribution in [0.25, 0.3) is 11.7 Å². The van der Waals surface area contributed by atoms with Gasteiger partial charge in [0.25, 0.3) is 11.5 Å². The largest absolute Gasteiger partial charge is 0.438 e. The van der Waals surface area contributed by atoms with Gasteiger partial charge in [-0.2, -0.15) is 10.2 Å². The van der Waals surface area contributed by atoms with Gasteiger partial charge in [0.2, 0.25) is 5.88 Å². The van der Waals surface area contributed by atoms with Crippen LogP contribution in [0.1, 0.15) is 22.3 Å². The van der Waals surface area contributed by atoms with Crippen molar-refractivity contribution in [1.29, 1.82) is 5.26 Å². The molecular formula is C28H24N4O3. The molecule has 0 saturated heterocycles. The molecule has 0 spiro atoms. The molecule has 0 aliphatic carbocycles. The molecule has 4 aromatic rings. The second kappa shape index (κ2) is 10.5. The van der Waals surface area contributed by atoms with Crippen LogP contribution in [0.2, 0.25) is 0 Å². The van der Waals surface area contributed by atoms with Gasteiger partial charge in [-0.1, -0.05) is 48.5 Å². The minimum Gasteiger partial charge on any atom is -0.438 e. The van der Waals surface area contributed by atoms with Crippen LogP contribution in [-0.4, -0.2) is 21.8 Å². The fourth-order valence-corrected chi connectivity index (χ4v) is 3.64. The zero-order chi connectivity index (χ0) is 24.8. The van der Waals surface area contributed by atoms with Crippen LogP contribution in [-0.2, 0) is 11.2 Å². The number of carbonyl (C=O) groups excluding carboxylic acids is 1. The smallest absolute Gasteiger partial charge is 0.269 e. The molecule has 35 heavy (non-hydrogen) atoms. The number of pyridine rings is 1. The summed E-state index contributed by atoms with van der Waals surface area (Å²) >= 11 is 0. The third-order valence-electron chi connectivity index (χ3n) is 5.45. The van der Waals surface area contributed by atoms with Crippen molar-refractivity contribution < 1.29 is 9.53 Å². The Morgan fingerprint density at radius 3 is 2.66 bits per heavy atom. The third-order valence-corrected chi connectivity index (χ3v) is 5.45. The third kappa shape index (κ3) is 5.45. The molecule has 0 bridgehead atoms. The molecule has 7 nitrogen and oxygen atoms in total. The topological polar surface area (TPSA) is 96.5 Å². The number of ether oxygens (including phenoxy) is 1. The van der Waals surface area contributed by atoms with Gasteiger partial charge in [-0.25, -0.2) is 0 Å². The van der Waals surface area contributed by atoms with Crippen molar-refractivity contribution in [2.45, 2.75) is 20.3 Å². The molecule has 1 amide bonds. The van der Waals surface area contributed by atoms with Gasteiger partial charge in [-0.05, 0) is 61.2 Å². The lowest BCUT2D eigenvalue weighted by molar-refractivity contribution is -0.117. The zero-order valence-electron chi connectivity index (χ0n) is 19.5. The summed E-state index contributed by atoms with van der Waals surface area (Å²) in [5.74, 6) is -0.0475. The highest BCUT2D eigenvalue weighted by Gasteiger charge is 2.18. The molecule has 7 heteroatoms. The molecule has 174 valence electrons. The highest BCUT2D eigenvalue weighted by molar-refractivity contribution is 6.01. The number of aryl methyl sites for hydroxylation is 2. The van der Waals surface area contributed by atoms with E-state index in [4.69, 9.17) is 4.74 Å². The highest BCUT2D eigenvalue weighted by Crippen LogP contribution is 2.25. The van der Waals surface area contributed by atoms with Crippen LogP contribution < -0.4 is 15.6 Å². The molecule has 4 rings (SSSR count). The van der Waals surface area contributed by atoms with Gasteiger partial charge < -0.3 is 10.1 Å². The summed E-state index contributed by atoms with van der Waals surface area (Å²) in [7, 11) is 0. The van der Waals surface area contributed by atoms with Crippen molar-refractivity contribution in [2.75, 3.05) is 6.54 Å². The van der Waals surface area contributed by atoms with E-state index in [1.54, 1.807) is 18.3 Å². The number of benzene rings is 2. The number of hydrogen-bond acceptors (Lipinski definition) is 5. The maximum absolute atomic E-state index is 13.4. The lowest BCUT2D eigenvalue weighted by atomic mass is 10.1. The number of nitrogens with one attached hydrogen (secondary N) is 1. The standard InChI is InChI=1S/C28H24N4O3/c1-19-8-6-12-23(16-19)35-27-24(28(34)32-15-7-9-20(2)25(32)31-27)17-22(18-29)26(33)30-14-13-21-10-4-3-5-11-21/h3-12,15-17H,13-14H2,1-2H3,(H,30,33). The summed E-state index contributed by atoms with van der Waals surface area (Å²) in [6.45, 7) is 4.12.